The van der Waals surface area contributed by atoms with E-state index in [2.05, 4.69) is 17.3 Å². The van der Waals surface area contributed by atoms with Crippen molar-refractivity contribution in [3.05, 3.63) is 29.3 Å². The largest absolute Gasteiger partial charge is 0.354 e. The van der Waals surface area contributed by atoms with Crippen molar-refractivity contribution >= 4 is 33.2 Å². The van der Waals surface area contributed by atoms with Gasteiger partial charge in [-0.15, -0.1) is 0 Å². The van der Waals surface area contributed by atoms with Gasteiger partial charge in [-0.05, 0) is 70.4 Å². The van der Waals surface area contributed by atoms with E-state index in [0.29, 0.717) is 23.2 Å². The van der Waals surface area contributed by atoms with E-state index in [4.69, 9.17) is 11.6 Å². The van der Waals surface area contributed by atoms with Crippen LogP contribution >= 0.6 is 11.6 Å². The second-order valence-corrected chi connectivity index (χ2v) is 9.34. The summed E-state index contributed by atoms with van der Waals surface area (Å²) in [6.07, 6.45) is 4.29. The minimum absolute atomic E-state index is 0.302. The SMILES string of the molecule is CC(C(=O)NCCC1CCN(C)CC1)N(c1cccc(Cl)c1)S(C)(=O)=O. The highest BCUT2D eigenvalue weighted by molar-refractivity contribution is 7.92. The molecule has 1 aliphatic heterocycles. The molecule has 6 nitrogen and oxygen atoms in total. The molecule has 0 aliphatic carbocycles. The number of anilines is 1. The van der Waals surface area contributed by atoms with Crippen molar-refractivity contribution in [2.75, 3.05) is 37.2 Å². The van der Waals surface area contributed by atoms with E-state index in [0.717, 1.165) is 42.9 Å². The Kier molecular flexibility index (Phi) is 7.32. The van der Waals surface area contributed by atoms with Crippen LogP contribution in [0.1, 0.15) is 26.2 Å². The van der Waals surface area contributed by atoms with Gasteiger partial charge in [0.15, 0.2) is 0 Å². The summed E-state index contributed by atoms with van der Waals surface area (Å²) < 4.78 is 25.6. The van der Waals surface area contributed by atoms with Crippen molar-refractivity contribution in [3.63, 3.8) is 0 Å². The lowest BCUT2D eigenvalue weighted by atomic mass is 9.94. The van der Waals surface area contributed by atoms with E-state index in [-0.39, 0.29) is 5.91 Å². The number of nitrogens with one attached hydrogen (secondary N) is 1. The summed E-state index contributed by atoms with van der Waals surface area (Å²) in [5.41, 5.74) is 0.387. The smallest absolute Gasteiger partial charge is 0.243 e. The maximum Gasteiger partial charge on any atom is 0.243 e. The first-order chi connectivity index (χ1) is 12.2. The van der Waals surface area contributed by atoms with E-state index >= 15 is 0 Å². The number of nitrogens with zero attached hydrogens (tertiary/aromatic N) is 2. The highest BCUT2D eigenvalue weighted by Gasteiger charge is 2.29. The molecule has 1 aromatic rings. The second-order valence-electron chi connectivity index (χ2n) is 7.04. The molecule has 0 aromatic heterocycles. The fourth-order valence-corrected chi connectivity index (χ4v) is 4.67. The molecule has 146 valence electrons. The molecule has 0 saturated carbocycles. The standard InChI is InChI=1S/C18H28ClN3O3S/c1-14(18(23)20-10-7-15-8-11-21(2)12-9-15)22(26(3,24)25)17-6-4-5-16(19)13-17/h4-6,13-15H,7-12H2,1-3H3,(H,20,23). The number of carbonyl (C=O) groups excluding carboxylic acids is 1. The number of benzene rings is 1. The second kappa shape index (κ2) is 9.06. The molecule has 1 saturated heterocycles. The van der Waals surface area contributed by atoms with Crippen LogP contribution in [0.3, 0.4) is 0 Å². The van der Waals surface area contributed by atoms with Crippen LogP contribution in [-0.4, -0.2) is 58.2 Å². The molecule has 1 heterocycles. The van der Waals surface area contributed by atoms with Gasteiger partial charge in [-0.25, -0.2) is 8.42 Å². The Morgan fingerprint density at radius 2 is 2.04 bits per heavy atom. The third-order valence-electron chi connectivity index (χ3n) is 4.84. The first-order valence-electron chi connectivity index (χ1n) is 8.89. The lowest BCUT2D eigenvalue weighted by Gasteiger charge is -2.30. The molecular formula is C18H28ClN3O3S. The van der Waals surface area contributed by atoms with E-state index < -0.39 is 16.1 Å². The zero-order valence-corrected chi connectivity index (χ0v) is 17.2. The van der Waals surface area contributed by atoms with Crippen LogP contribution in [-0.2, 0) is 14.8 Å². The van der Waals surface area contributed by atoms with Gasteiger partial charge in [-0.1, -0.05) is 17.7 Å². The summed E-state index contributed by atoms with van der Waals surface area (Å²) in [5.74, 6) is 0.309. The molecule has 2 rings (SSSR count). The fraction of sp³-hybridized carbons (Fsp3) is 0.611. The predicted molar refractivity (Wildman–Crippen MR) is 106 cm³/mol. The fourth-order valence-electron chi connectivity index (χ4n) is 3.32. The van der Waals surface area contributed by atoms with Crippen LogP contribution in [0.15, 0.2) is 24.3 Å². The lowest BCUT2D eigenvalue weighted by molar-refractivity contribution is -0.121. The molecule has 1 aliphatic rings. The Morgan fingerprint density at radius 3 is 2.62 bits per heavy atom. The van der Waals surface area contributed by atoms with Crippen molar-refractivity contribution in [3.8, 4) is 0 Å². The number of likely N-dealkylation sites (tertiary alicyclic amines) is 1. The highest BCUT2D eigenvalue weighted by atomic mass is 35.5. The molecule has 0 bridgehead atoms. The van der Waals surface area contributed by atoms with Gasteiger partial charge < -0.3 is 10.2 Å². The molecule has 1 fully saturated rings. The van der Waals surface area contributed by atoms with Crippen molar-refractivity contribution < 1.29 is 13.2 Å². The summed E-state index contributed by atoms with van der Waals surface area (Å²) in [6.45, 7) is 4.33. The first-order valence-corrected chi connectivity index (χ1v) is 11.1. The summed E-state index contributed by atoms with van der Waals surface area (Å²) in [6, 6.07) is 5.67. The highest BCUT2D eigenvalue weighted by Crippen LogP contribution is 2.24. The Balaban J connectivity index is 1.97. The Labute approximate surface area is 161 Å². The van der Waals surface area contributed by atoms with Crippen LogP contribution in [0, 0.1) is 5.92 Å². The molecule has 1 amide bonds. The Bertz CT molecular complexity index is 718. The number of piperidine rings is 1. The Morgan fingerprint density at radius 1 is 1.38 bits per heavy atom. The van der Waals surface area contributed by atoms with Gasteiger partial charge in [0.25, 0.3) is 0 Å². The quantitative estimate of drug-likeness (QED) is 0.761. The van der Waals surface area contributed by atoms with Crippen LogP contribution in [0.25, 0.3) is 0 Å². The van der Waals surface area contributed by atoms with Crippen LogP contribution in [0.5, 0.6) is 0 Å². The van der Waals surface area contributed by atoms with Gasteiger partial charge >= 0.3 is 0 Å². The third kappa shape index (κ3) is 5.86. The minimum atomic E-state index is -3.62. The minimum Gasteiger partial charge on any atom is -0.354 e. The van der Waals surface area contributed by atoms with Gasteiger partial charge in [0, 0.05) is 11.6 Å². The van der Waals surface area contributed by atoms with Crippen molar-refractivity contribution in [2.24, 2.45) is 5.92 Å². The average molecular weight is 402 g/mol. The maximum absolute atomic E-state index is 12.5. The van der Waals surface area contributed by atoms with E-state index in [1.54, 1.807) is 31.2 Å². The topological polar surface area (TPSA) is 69.7 Å². The van der Waals surface area contributed by atoms with Gasteiger partial charge in [0.2, 0.25) is 15.9 Å². The molecule has 1 unspecified atom stereocenters. The molecule has 0 spiro atoms. The van der Waals surface area contributed by atoms with Gasteiger partial charge in [0.1, 0.15) is 6.04 Å². The summed E-state index contributed by atoms with van der Waals surface area (Å²) in [5, 5.41) is 3.31. The van der Waals surface area contributed by atoms with Gasteiger partial charge in [0.05, 0.1) is 11.9 Å². The zero-order valence-electron chi connectivity index (χ0n) is 15.6. The van der Waals surface area contributed by atoms with Crippen molar-refractivity contribution in [1.29, 1.82) is 0 Å². The first kappa shape index (κ1) is 21.0. The lowest BCUT2D eigenvalue weighted by Crippen LogP contribution is -2.48. The molecule has 26 heavy (non-hydrogen) atoms. The predicted octanol–water partition coefficient (Wildman–Crippen LogP) is 2.34. The van der Waals surface area contributed by atoms with Gasteiger partial charge in [-0.3, -0.25) is 9.10 Å². The van der Waals surface area contributed by atoms with E-state index in [9.17, 15) is 13.2 Å². The average Bonchev–Trinajstić information content (AvgIpc) is 2.55. The van der Waals surface area contributed by atoms with E-state index in [1.165, 1.54) is 0 Å². The monoisotopic (exact) mass is 401 g/mol. The number of hydrogen-bond donors (Lipinski definition) is 1. The van der Waals surface area contributed by atoms with Crippen molar-refractivity contribution in [2.45, 2.75) is 32.2 Å². The number of sulfonamides is 1. The van der Waals surface area contributed by atoms with Gasteiger partial charge in [-0.2, -0.15) is 0 Å². The molecular weight excluding hydrogens is 374 g/mol. The third-order valence-corrected chi connectivity index (χ3v) is 6.32. The summed E-state index contributed by atoms with van der Waals surface area (Å²) >= 11 is 5.98. The number of hydrogen-bond acceptors (Lipinski definition) is 4. The molecule has 1 atom stereocenters. The number of halogens is 1. The van der Waals surface area contributed by atoms with Crippen molar-refractivity contribution in [1.82, 2.24) is 10.2 Å². The summed E-state index contributed by atoms with van der Waals surface area (Å²) in [7, 11) is -1.50. The van der Waals surface area contributed by atoms with E-state index in [1.807, 2.05) is 0 Å². The molecule has 0 radical (unpaired) electrons. The number of rotatable bonds is 7. The normalized spacial score (nSPS) is 17.7. The van der Waals surface area contributed by atoms with Crippen LogP contribution in [0.2, 0.25) is 5.02 Å². The zero-order chi connectivity index (χ0) is 19.3. The molecule has 1 N–H and O–H groups in total. The molecule has 8 heteroatoms. The van der Waals surface area contributed by atoms with Crippen LogP contribution < -0.4 is 9.62 Å². The maximum atomic E-state index is 12.5. The Hall–Kier alpha value is -1.31. The van der Waals surface area contributed by atoms with Crippen LogP contribution in [0.4, 0.5) is 5.69 Å². The summed E-state index contributed by atoms with van der Waals surface area (Å²) in [4.78, 5) is 14.8. The number of amides is 1. The number of carbonyl (C=O) groups is 1. The molecule has 1 aromatic carbocycles.